The van der Waals surface area contributed by atoms with Gasteiger partial charge in [-0.3, -0.25) is 14.2 Å². The summed E-state index contributed by atoms with van der Waals surface area (Å²) in [6, 6.07) is 13.9. The van der Waals surface area contributed by atoms with Crippen molar-refractivity contribution in [1.29, 1.82) is 0 Å². The van der Waals surface area contributed by atoms with E-state index in [1.54, 1.807) is 42.9 Å². The van der Waals surface area contributed by atoms with Gasteiger partial charge in [0, 0.05) is 16.0 Å². The molecule has 0 amide bonds. The lowest BCUT2D eigenvalue weighted by molar-refractivity contribution is 0.600. The molecule has 0 saturated carbocycles. The molecule has 3 rings (SSSR count). The van der Waals surface area contributed by atoms with E-state index in [4.69, 9.17) is 0 Å². The van der Waals surface area contributed by atoms with E-state index in [0.717, 1.165) is 0 Å². The molecule has 136 valence electrons. The molecule has 0 fully saturated rings. The quantitative estimate of drug-likeness (QED) is 0.592. The van der Waals surface area contributed by atoms with Crippen LogP contribution in [0.5, 0.6) is 0 Å². The molecular weight excluding hydrogens is 486 g/mol. The predicted molar refractivity (Wildman–Crippen MR) is 108 cm³/mol. The number of nitrogens with one attached hydrogen (secondary N) is 1. The molecule has 0 aliphatic rings. The highest BCUT2D eigenvalue weighted by molar-refractivity contribution is 9.11. The van der Waals surface area contributed by atoms with E-state index in [-0.39, 0.29) is 10.6 Å². The second-order valence-electron chi connectivity index (χ2n) is 5.62. The standard InChI is InChI=1S/C17H15Br2N3O3S/c1-11-16(17(23)22(21(11)2)13-6-4-3-5-7-13)20-26(24,25)15-10-12(18)8-9-14(15)19/h3-10,20H,1-2H3. The lowest BCUT2D eigenvalue weighted by Crippen LogP contribution is -2.23. The number of para-hydroxylation sites is 1. The molecular formula is C17H15Br2N3O3S. The first-order valence-electron chi connectivity index (χ1n) is 7.54. The molecule has 3 aromatic rings. The van der Waals surface area contributed by atoms with E-state index in [0.29, 0.717) is 20.3 Å². The molecule has 0 radical (unpaired) electrons. The van der Waals surface area contributed by atoms with E-state index >= 15 is 0 Å². The lowest BCUT2D eigenvalue weighted by atomic mass is 10.3. The van der Waals surface area contributed by atoms with Gasteiger partial charge in [0.05, 0.1) is 11.4 Å². The van der Waals surface area contributed by atoms with Crippen molar-refractivity contribution >= 4 is 47.6 Å². The average molecular weight is 501 g/mol. The minimum absolute atomic E-state index is 0.0169. The minimum atomic E-state index is -3.95. The molecule has 9 heteroatoms. The van der Waals surface area contributed by atoms with Gasteiger partial charge < -0.3 is 0 Å². The van der Waals surface area contributed by atoms with Crippen LogP contribution in [-0.2, 0) is 17.1 Å². The van der Waals surface area contributed by atoms with E-state index in [9.17, 15) is 13.2 Å². The fraction of sp³-hybridized carbons (Fsp3) is 0.118. The Morgan fingerprint density at radius 1 is 1.04 bits per heavy atom. The van der Waals surface area contributed by atoms with Crippen LogP contribution < -0.4 is 10.3 Å². The molecule has 6 nitrogen and oxygen atoms in total. The van der Waals surface area contributed by atoms with Crippen molar-refractivity contribution in [3.05, 3.63) is 73.5 Å². The molecule has 0 atom stereocenters. The summed E-state index contributed by atoms with van der Waals surface area (Å²) < 4.78 is 32.1. The second kappa shape index (κ2) is 7.05. The van der Waals surface area contributed by atoms with Gasteiger partial charge in [-0.2, -0.15) is 0 Å². The average Bonchev–Trinajstić information content (AvgIpc) is 2.81. The number of nitrogens with zero attached hydrogens (tertiary/aromatic N) is 2. The van der Waals surface area contributed by atoms with Crippen molar-refractivity contribution in [2.45, 2.75) is 11.8 Å². The third-order valence-electron chi connectivity index (χ3n) is 3.97. The number of hydrogen-bond donors (Lipinski definition) is 1. The van der Waals surface area contributed by atoms with Crippen LogP contribution in [0.15, 0.2) is 67.2 Å². The van der Waals surface area contributed by atoms with Gasteiger partial charge in [0.25, 0.3) is 15.6 Å². The van der Waals surface area contributed by atoms with Gasteiger partial charge in [0.1, 0.15) is 10.6 Å². The molecule has 0 saturated heterocycles. The predicted octanol–water partition coefficient (Wildman–Crippen LogP) is 3.81. The van der Waals surface area contributed by atoms with E-state index in [2.05, 4.69) is 36.6 Å². The molecule has 1 heterocycles. The molecule has 1 N–H and O–H groups in total. The molecule has 1 aromatic heterocycles. The Kier molecular flexibility index (Phi) is 5.14. The first-order chi connectivity index (χ1) is 12.2. The largest absolute Gasteiger partial charge is 0.296 e. The maximum Gasteiger partial charge on any atom is 0.296 e. The van der Waals surface area contributed by atoms with Gasteiger partial charge in [-0.05, 0) is 53.2 Å². The Bertz CT molecular complexity index is 1140. The smallest absolute Gasteiger partial charge is 0.283 e. The zero-order valence-corrected chi connectivity index (χ0v) is 17.9. The first-order valence-corrected chi connectivity index (χ1v) is 10.6. The van der Waals surface area contributed by atoms with Gasteiger partial charge in [0.2, 0.25) is 0 Å². The topological polar surface area (TPSA) is 73.1 Å². The van der Waals surface area contributed by atoms with Crippen LogP contribution in [0, 0.1) is 6.92 Å². The van der Waals surface area contributed by atoms with Crippen LogP contribution in [0.25, 0.3) is 5.69 Å². The second-order valence-corrected chi connectivity index (χ2v) is 9.04. The SMILES string of the molecule is Cc1c(NS(=O)(=O)c2cc(Br)ccc2Br)c(=O)n(-c2ccccc2)n1C. The Morgan fingerprint density at radius 2 is 1.69 bits per heavy atom. The molecule has 0 unspecified atom stereocenters. The van der Waals surface area contributed by atoms with Crippen molar-refractivity contribution in [1.82, 2.24) is 9.36 Å². The van der Waals surface area contributed by atoms with Gasteiger partial charge in [-0.15, -0.1) is 0 Å². The Morgan fingerprint density at radius 3 is 2.35 bits per heavy atom. The number of sulfonamides is 1. The fourth-order valence-electron chi connectivity index (χ4n) is 2.56. The Balaban J connectivity index is 2.12. The van der Waals surface area contributed by atoms with Crippen LogP contribution in [0.3, 0.4) is 0 Å². The fourth-order valence-corrected chi connectivity index (χ4v) is 5.18. The minimum Gasteiger partial charge on any atom is -0.283 e. The number of anilines is 1. The van der Waals surface area contributed by atoms with Crippen molar-refractivity contribution in [3.63, 3.8) is 0 Å². The van der Waals surface area contributed by atoms with E-state index in [1.165, 1.54) is 10.7 Å². The van der Waals surface area contributed by atoms with Gasteiger partial charge >= 0.3 is 0 Å². The Hall–Kier alpha value is -1.84. The Labute approximate surface area is 167 Å². The number of aromatic nitrogens is 2. The molecule has 0 bridgehead atoms. The van der Waals surface area contributed by atoms with Gasteiger partial charge in [-0.1, -0.05) is 34.1 Å². The van der Waals surface area contributed by atoms with E-state index in [1.807, 2.05) is 18.2 Å². The summed E-state index contributed by atoms with van der Waals surface area (Å²) in [5.41, 5.74) is 0.736. The normalized spacial score (nSPS) is 11.5. The zero-order chi connectivity index (χ0) is 19.1. The van der Waals surface area contributed by atoms with Crippen molar-refractivity contribution < 1.29 is 8.42 Å². The molecule has 2 aromatic carbocycles. The maximum atomic E-state index is 12.9. The summed E-state index contributed by atoms with van der Waals surface area (Å²) in [4.78, 5) is 12.9. The van der Waals surface area contributed by atoms with Crippen LogP contribution >= 0.6 is 31.9 Å². The third kappa shape index (κ3) is 3.38. The monoisotopic (exact) mass is 499 g/mol. The van der Waals surface area contributed by atoms with Crippen LogP contribution in [-0.4, -0.2) is 17.8 Å². The van der Waals surface area contributed by atoms with Crippen LogP contribution in [0.2, 0.25) is 0 Å². The van der Waals surface area contributed by atoms with Crippen LogP contribution in [0.1, 0.15) is 5.69 Å². The number of halogens is 2. The highest BCUT2D eigenvalue weighted by Gasteiger charge is 2.24. The first kappa shape index (κ1) is 18.9. The van der Waals surface area contributed by atoms with Crippen LogP contribution in [0.4, 0.5) is 5.69 Å². The van der Waals surface area contributed by atoms with Crippen molar-refractivity contribution in [2.75, 3.05) is 4.72 Å². The molecule has 0 aliphatic carbocycles. The number of benzene rings is 2. The zero-order valence-electron chi connectivity index (χ0n) is 13.9. The summed E-state index contributed by atoms with van der Waals surface area (Å²) in [6.07, 6.45) is 0. The summed E-state index contributed by atoms with van der Waals surface area (Å²) in [5, 5.41) is 0. The number of rotatable bonds is 4. The molecule has 0 spiro atoms. The number of hydrogen-bond acceptors (Lipinski definition) is 3. The molecule has 26 heavy (non-hydrogen) atoms. The summed E-state index contributed by atoms with van der Waals surface area (Å²) >= 11 is 6.51. The van der Waals surface area contributed by atoms with Crippen molar-refractivity contribution in [3.8, 4) is 5.69 Å². The van der Waals surface area contributed by atoms with Gasteiger partial charge in [0.15, 0.2) is 0 Å². The maximum absolute atomic E-state index is 12.9. The van der Waals surface area contributed by atoms with Gasteiger partial charge in [-0.25, -0.2) is 13.1 Å². The lowest BCUT2D eigenvalue weighted by Gasteiger charge is -2.09. The summed E-state index contributed by atoms with van der Waals surface area (Å²) in [6.45, 7) is 1.69. The van der Waals surface area contributed by atoms with Crippen molar-refractivity contribution in [2.24, 2.45) is 7.05 Å². The third-order valence-corrected chi connectivity index (χ3v) is 6.81. The highest BCUT2D eigenvalue weighted by atomic mass is 79.9. The highest BCUT2D eigenvalue weighted by Crippen LogP contribution is 2.27. The molecule has 0 aliphatic heterocycles. The summed E-state index contributed by atoms with van der Waals surface area (Å²) in [5.74, 6) is 0. The summed E-state index contributed by atoms with van der Waals surface area (Å²) in [7, 11) is -2.25. The van der Waals surface area contributed by atoms with E-state index < -0.39 is 15.6 Å².